The second-order valence-electron chi connectivity index (χ2n) is 3.67. The zero-order valence-electron chi connectivity index (χ0n) is 7.92. The maximum atomic E-state index is 11.4. The molecule has 0 unspecified atom stereocenters. The van der Waals surface area contributed by atoms with Gasteiger partial charge in [0.1, 0.15) is 19.5 Å². The SMILES string of the molecule is [B]c1c(C2CC2)[nH]c(=O)c(C#N)c1C. The molecule has 0 saturated heterocycles. The van der Waals surface area contributed by atoms with E-state index in [1.165, 1.54) is 0 Å². The Morgan fingerprint density at radius 2 is 2.21 bits per heavy atom. The molecule has 1 saturated carbocycles. The fourth-order valence-electron chi connectivity index (χ4n) is 1.59. The van der Waals surface area contributed by atoms with Crippen molar-refractivity contribution in [2.45, 2.75) is 25.7 Å². The van der Waals surface area contributed by atoms with E-state index < -0.39 is 0 Å². The summed E-state index contributed by atoms with van der Waals surface area (Å²) in [6.07, 6.45) is 2.15. The Morgan fingerprint density at radius 1 is 1.57 bits per heavy atom. The lowest BCUT2D eigenvalue weighted by molar-refractivity contribution is 1.00. The Kier molecular flexibility index (Phi) is 1.96. The number of nitrogens with zero attached hydrogens (tertiary/aromatic N) is 1. The molecule has 1 aromatic heterocycles. The van der Waals surface area contributed by atoms with Gasteiger partial charge in [-0.15, -0.1) is 0 Å². The number of hydrogen-bond acceptors (Lipinski definition) is 2. The first kappa shape index (κ1) is 9.08. The van der Waals surface area contributed by atoms with Crippen LogP contribution in [-0.2, 0) is 0 Å². The van der Waals surface area contributed by atoms with Crippen molar-refractivity contribution in [2.75, 3.05) is 0 Å². The Morgan fingerprint density at radius 3 is 2.71 bits per heavy atom. The summed E-state index contributed by atoms with van der Waals surface area (Å²) in [5.41, 5.74) is 1.81. The van der Waals surface area contributed by atoms with Gasteiger partial charge >= 0.3 is 0 Å². The van der Waals surface area contributed by atoms with Crippen LogP contribution < -0.4 is 11.0 Å². The second kappa shape index (κ2) is 3.02. The third kappa shape index (κ3) is 1.25. The molecule has 14 heavy (non-hydrogen) atoms. The molecular weight excluding hydrogens is 175 g/mol. The standard InChI is InChI=1S/C10H9BN2O/c1-5-7(4-12)10(14)13-9(8(5)11)6-2-3-6/h6H,2-3H2,1H3,(H,13,14). The molecule has 1 fully saturated rings. The third-order valence-electron chi connectivity index (χ3n) is 2.64. The summed E-state index contributed by atoms with van der Waals surface area (Å²) >= 11 is 0. The molecule has 0 amide bonds. The predicted octanol–water partition coefficient (Wildman–Crippen LogP) is 0.226. The molecule has 68 valence electrons. The number of aromatic amines is 1. The minimum absolute atomic E-state index is 0.131. The van der Waals surface area contributed by atoms with E-state index in [4.69, 9.17) is 13.1 Å². The van der Waals surface area contributed by atoms with E-state index in [0.29, 0.717) is 16.9 Å². The van der Waals surface area contributed by atoms with Gasteiger partial charge in [-0.2, -0.15) is 5.26 Å². The summed E-state index contributed by atoms with van der Waals surface area (Å²) in [7, 11) is 5.85. The topological polar surface area (TPSA) is 56.6 Å². The van der Waals surface area contributed by atoms with Crippen molar-refractivity contribution in [2.24, 2.45) is 0 Å². The largest absolute Gasteiger partial charge is 0.325 e. The summed E-state index contributed by atoms with van der Waals surface area (Å²) < 4.78 is 0. The Labute approximate surface area is 83.2 Å². The van der Waals surface area contributed by atoms with Gasteiger partial charge in [0.2, 0.25) is 0 Å². The van der Waals surface area contributed by atoms with Crippen LogP contribution in [0, 0.1) is 18.3 Å². The first-order chi connectivity index (χ1) is 6.65. The maximum absolute atomic E-state index is 11.4. The number of rotatable bonds is 1. The Hall–Kier alpha value is -1.50. The smallest absolute Gasteiger partial charge is 0.266 e. The van der Waals surface area contributed by atoms with Crippen LogP contribution in [0.25, 0.3) is 0 Å². The Bertz CT molecular complexity index is 480. The molecule has 1 aliphatic carbocycles. The summed E-state index contributed by atoms with van der Waals surface area (Å²) in [6.45, 7) is 1.72. The minimum Gasteiger partial charge on any atom is -0.325 e. The van der Waals surface area contributed by atoms with Gasteiger partial charge in [-0.05, 0) is 31.2 Å². The van der Waals surface area contributed by atoms with Crippen LogP contribution in [0.2, 0.25) is 0 Å². The zero-order chi connectivity index (χ0) is 10.3. The molecular formula is C10H9BN2O. The first-order valence-corrected chi connectivity index (χ1v) is 4.57. The van der Waals surface area contributed by atoms with Gasteiger partial charge in [-0.25, -0.2) is 0 Å². The molecule has 1 aromatic rings. The fourth-order valence-corrected chi connectivity index (χ4v) is 1.59. The molecule has 4 heteroatoms. The molecule has 2 rings (SSSR count). The molecule has 1 heterocycles. The van der Waals surface area contributed by atoms with Gasteiger partial charge in [0.25, 0.3) is 5.56 Å². The highest BCUT2D eigenvalue weighted by Crippen LogP contribution is 2.37. The molecule has 2 radical (unpaired) electrons. The van der Waals surface area contributed by atoms with Gasteiger partial charge in [-0.1, -0.05) is 5.46 Å². The molecule has 0 bridgehead atoms. The van der Waals surface area contributed by atoms with Crippen molar-refractivity contribution in [1.29, 1.82) is 5.26 Å². The molecule has 1 N–H and O–H groups in total. The number of nitrogens with one attached hydrogen (secondary N) is 1. The van der Waals surface area contributed by atoms with Gasteiger partial charge in [0.05, 0.1) is 0 Å². The van der Waals surface area contributed by atoms with Crippen LogP contribution >= 0.6 is 0 Å². The van der Waals surface area contributed by atoms with Crippen molar-refractivity contribution in [3.8, 4) is 6.07 Å². The van der Waals surface area contributed by atoms with E-state index >= 15 is 0 Å². The van der Waals surface area contributed by atoms with E-state index in [2.05, 4.69) is 4.98 Å². The normalized spacial score (nSPS) is 15.1. The van der Waals surface area contributed by atoms with E-state index in [-0.39, 0.29) is 11.1 Å². The fraction of sp³-hybridized carbons (Fsp3) is 0.400. The molecule has 0 aromatic carbocycles. The summed E-state index contributed by atoms with van der Waals surface area (Å²) in [6, 6.07) is 1.87. The van der Waals surface area contributed by atoms with Crippen LogP contribution in [0.15, 0.2) is 4.79 Å². The zero-order valence-corrected chi connectivity index (χ0v) is 7.92. The highest BCUT2D eigenvalue weighted by atomic mass is 16.1. The van der Waals surface area contributed by atoms with Crippen molar-refractivity contribution in [3.05, 3.63) is 27.2 Å². The predicted molar refractivity (Wildman–Crippen MR) is 53.9 cm³/mol. The van der Waals surface area contributed by atoms with Crippen molar-refractivity contribution >= 4 is 13.3 Å². The molecule has 1 aliphatic rings. The van der Waals surface area contributed by atoms with Gasteiger partial charge in [0, 0.05) is 5.69 Å². The van der Waals surface area contributed by atoms with Crippen LogP contribution in [0.5, 0.6) is 0 Å². The van der Waals surface area contributed by atoms with Crippen LogP contribution in [0.3, 0.4) is 0 Å². The molecule has 0 atom stereocenters. The summed E-state index contributed by atoms with van der Waals surface area (Å²) in [4.78, 5) is 14.1. The van der Waals surface area contributed by atoms with Crippen LogP contribution in [0.4, 0.5) is 0 Å². The van der Waals surface area contributed by atoms with Gasteiger partial charge in [0.15, 0.2) is 0 Å². The third-order valence-corrected chi connectivity index (χ3v) is 2.64. The van der Waals surface area contributed by atoms with Crippen LogP contribution in [-0.4, -0.2) is 12.8 Å². The summed E-state index contributed by atoms with van der Waals surface area (Å²) in [5.74, 6) is 0.397. The number of hydrogen-bond donors (Lipinski definition) is 1. The lowest BCUT2D eigenvalue weighted by atomic mass is 9.86. The lowest BCUT2D eigenvalue weighted by Gasteiger charge is -2.08. The number of pyridine rings is 1. The van der Waals surface area contributed by atoms with E-state index in [0.717, 1.165) is 18.5 Å². The van der Waals surface area contributed by atoms with Crippen molar-refractivity contribution < 1.29 is 0 Å². The molecule has 3 nitrogen and oxygen atoms in total. The Balaban J connectivity index is 2.68. The summed E-state index contributed by atoms with van der Waals surface area (Å²) in [5, 5.41) is 8.74. The van der Waals surface area contributed by atoms with Gasteiger partial charge < -0.3 is 4.98 Å². The quantitative estimate of drug-likeness (QED) is 0.635. The van der Waals surface area contributed by atoms with E-state index in [1.807, 2.05) is 6.07 Å². The number of H-pyrrole nitrogens is 1. The maximum Gasteiger partial charge on any atom is 0.266 e. The highest BCUT2D eigenvalue weighted by Gasteiger charge is 2.27. The molecule has 0 aliphatic heterocycles. The number of nitriles is 1. The van der Waals surface area contributed by atoms with Crippen molar-refractivity contribution in [3.63, 3.8) is 0 Å². The monoisotopic (exact) mass is 184 g/mol. The lowest BCUT2D eigenvalue weighted by Crippen LogP contribution is -2.26. The van der Waals surface area contributed by atoms with Gasteiger partial charge in [-0.3, -0.25) is 4.79 Å². The number of aromatic nitrogens is 1. The van der Waals surface area contributed by atoms with E-state index in [1.54, 1.807) is 6.92 Å². The average molecular weight is 184 g/mol. The first-order valence-electron chi connectivity index (χ1n) is 4.57. The average Bonchev–Trinajstić information content (AvgIpc) is 2.95. The van der Waals surface area contributed by atoms with E-state index in [9.17, 15) is 4.79 Å². The van der Waals surface area contributed by atoms with Crippen LogP contribution in [0.1, 0.15) is 35.6 Å². The highest BCUT2D eigenvalue weighted by molar-refractivity contribution is 6.34. The van der Waals surface area contributed by atoms with Crippen molar-refractivity contribution in [1.82, 2.24) is 4.98 Å². The minimum atomic E-state index is -0.318. The molecule has 0 spiro atoms. The second-order valence-corrected chi connectivity index (χ2v) is 3.67.